The number of benzene rings is 1. The van der Waals surface area contributed by atoms with Crippen LogP contribution >= 0.6 is 0 Å². The molecule has 0 fully saturated rings. The van der Waals surface area contributed by atoms with Crippen LogP contribution in [0.5, 0.6) is 0 Å². The summed E-state index contributed by atoms with van der Waals surface area (Å²) in [5, 5.41) is 9.84. The lowest BCUT2D eigenvalue weighted by Crippen LogP contribution is -2.37. The van der Waals surface area contributed by atoms with Crippen LogP contribution in [0.3, 0.4) is 0 Å². The topological polar surface area (TPSA) is 67.2 Å². The maximum atomic E-state index is 12.8. The number of allylic oxidation sites excluding steroid dienone is 1. The molecule has 4 nitrogen and oxygen atoms in total. The van der Waals surface area contributed by atoms with Crippen LogP contribution in [0.4, 0.5) is 0 Å². The number of nitriles is 1. The molecule has 0 amide bonds. The molecule has 0 bridgehead atoms. The summed E-state index contributed by atoms with van der Waals surface area (Å²) >= 11 is 0. The van der Waals surface area contributed by atoms with Crippen molar-refractivity contribution in [1.29, 1.82) is 5.26 Å². The van der Waals surface area contributed by atoms with Crippen molar-refractivity contribution in [2.24, 2.45) is 10.8 Å². The van der Waals surface area contributed by atoms with E-state index in [1.54, 1.807) is 20.8 Å². The lowest BCUT2D eigenvalue weighted by atomic mass is 9.81. The Labute approximate surface area is 156 Å². The van der Waals surface area contributed by atoms with Crippen LogP contribution in [0.2, 0.25) is 0 Å². The molecule has 140 valence electrons. The third-order valence-corrected chi connectivity index (χ3v) is 3.55. The summed E-state index contributed by atoms with van der Waals surface area (Å²) in [4.78, 5) is 25.0. The summed E-state index contributed by atoms with van der Waals surface area (Å²) in [7, 11) is 0. The average Bonchev–Trinajstić information content (AvgIpc) is 2.49. The molecule has 26 heavy (non-hydrogen) atoms. The second-order valence-corrected chi connectivity index (χ2v) is 8.78. The van der Waals surface area contributed by atoms with Crippen molar-refractivity contribution in [2.75, 3.05) is 0 Å². The predicted octanol–water partition coefficient (Wildman–Crippen LogP) is 4.64. The fraction of sp³-hybridized carbons (Fsp3) is 0.500. The Balaban J connectivity index is 3.20. The molecule has 1 atom stereocenters. The highest BCUT2D eigenvalue weighted by Crippen LogP contribution is 2.29. The van der Waals surface area contributed by atoms with Crippen LogP contribution < -0.4 is 0 Å². The van der Waals surface area contributed by atoms with E-state index in [2.05, 4.69) is 6.07 Å². The molecule has 1 aromatic rings. The Hall–Kier alpha value is -2.41. The summed E-state index contributed by atoms with van der Waals surface area (Å²) < 4.78 is 5.48. The first-order valence-electron chi connectivity index (χ1n) is 8.78. The second kappa shape index (κ2) is 8.31. The van der Waals surface area contributed by atoms with Gasteiger partial charge in [0.1, 0.15) is 5.60 Å². The molecule has 0 aliphatic carbocycles. The number of carbonyl (C=O) groups excluding carboxylic acids is 2. The van der Waals surface area contributed by atoms with Crippen molar-refractivity contribution < 1.29 is 14.3 Å². The lowest BCUT2D eigenvalue weighted by molar-refractivity contribution is -0.161. The standard InChI is InChI=1S/C22H29NO3/c1-20(2,3)15-18(24)12-13-22(16-23,19(25)26-21(4,5)6)14-17-10-8-7-9-11-17/h7-13H,14-15H2,1-6H3/b13-12+/t22-/m1/s1. The van der Waals surface area contributed by atoms with Crippen LogP contribution in [-0.2, 0) is 20.7 Å². The second-order valence-electron chi connectivity index (χ2n) is 8.78. The number of ether oxygens (including phenoxy) is 1. The summed E-state index contributed by atoms with van der Waals surface area (Å²) in [5.74, 6) is -0.759. The molecular weight excluding hydrogens is 326 g/mol. The summed E-state index contributed by atoms with van der Waals surface area (Å²) in [5.41, 5.74) is -1.60. The number of carbonyl (C=O) groups is 2. The number of hydrogen-bond donors (Lipinski definition) is 0. The van der Waals surface area contributed by atoms with Gasteiger partial charge in [0.15, 0.2) is 11.2 Å². The number of hydrogen-bond acceptors (Lipinski definition) is 4. The maximum absolute atomic E-state index is 12.8. The largest absolute Gasteiger partial charge is 0.459 e. The summed E-state index contributed by atoms with van der Waals surface area (Å²) in [6.07, 6.45) is 3.24. The molecular formula is C22H29NO3. The zero-order valence-corrected chi connectivity index (χ0v) is 16.6. The van der Waals surface area contributed by atoms with E-state index >= 15 is 0 Å². The van der Waals surface area contributed by atoms with Gasteiger partial charge in [-0.15, -0.1) is 0 Å². The molecule has 0 aliphatic heterocycles. The van der Waals surface area contributed by atoms with Gasteiger partial charge in [-0.3, -0.25) is 4.79 Å². The molecule has 0 radical (unpaired) electrons. The molecule has 0 heterocycles. The van der Waals surface area contributed by atoms with Crippen molar-refractivity contribution in [1.82, 2.24) is 0 Å². The fourth-order valence-corrected chi connectivity index (χ4v) is 2.43. The van der Waals surface area contributed by atoms with Crippen molar-refractivity contribution in [2.45, 2.75) is 60.0 Å². The molecule has 0 unspecified atom stereocenters. The Morgan fingerprint density at radius 2 is 1.65 bits per heavy atom. The minimum absolute atomic E-state index is 0.117. The normalized spacial score (nSPS) is 14.5. The number of ketones is 1. The molecule has 1 rings (SSSR count). The molecule has 1 aromatic carbocycles. The van der Waals surface area contributed by atoms with Crippen molar-refractivity contribution in [3.63, 3.8) is 0 Å². The number of nitrogens with zero attached hydrogens (tertiary/aromatic N) is 1. The van der Waals surface area contributed by atoms with Crippen LogP contribution in [0.25, 0.3) is 0 Å². The minimum Gasteiger partial charge on any atom is -0.459 e. The highest BCUT2D eigenvalue weighted by Gasteiger charge is 2.40. The van der Waals surface area contributed by atoms with Gasteiger partial charge in [-0.25, -0.2) is 4.79 Å². The third-order valence-electron chi connectivity index (χ3n) is 3.55. The Morgan fingerprint density at radius 3 is 2.12 bits per heavy atom. The zero-order valence-electron chi connectivity index (χ0n) is 16.6. The van der Waals surface area contributed by atoms with Gasteiger partial charge in [0.05, 0.1) is 6.07 Å². The average molecular weight is 355 g/mol. The van der Waals surface area contributed by atoms with E-state index in [4.69, 9.17) is 4.74 Å². The first kappa shape index (κ1) is 21.6. The van der Waals surface area contributed by atoms with E-state index in [9.17, 15) is 14.9 Å². The van der Waals surface area contributed by atoms with Crippen molar-refractivity contribution in [3.8, 4) is 6.07 Å². The van der Waals surface area contributed by atoms with Crippen LogP contribution in [0.1, 0.15) is 53.5 Å². The van der Waals surface area contributed by atoms with E-state index in [1.165, 1.54) is 12.2 Å². The highest BCUT2D eigenvalue weighted by molar-refractivity contribution is 5.92. The van der Waals surface area contributed by atoms with Gasteiger partial charge in [-0.05, 0) is 43.9 Å². The SMILES string of the molecule is CC(C)(C)CC(=O)/C=C/[C@](C#N)(Cc1ccccc1)C(=O)OC(C)(C)C. The van der Waals surface area contributed by atoms with E-state index in [1.807, 2.05) is 51.1 Å². The van der Waals surface area contributed by atoms with Gasteiger partial charge in [0.2, 0.25) is 0 Å². The van der Waals surface area contributed by atoms with E-state index < -0.39 is 17.0 Å². The molecule has 0 N–H and O–H groups in total. The lowest BCUT2D eigenvalue weighted by Gasteiger charge is -2.27. The van der Waals surface area contributed by atoms with E-state index in [-0.39, 0.29) is 17.6 Å². The molecule has 0 spiro atoms. The number of rotatable bonds is 6. The highest BCUT2D eigenvalue weighted by atomic mass is 16.6. The van der Waals surface area contributed by atoms with Gasteiger partial charge >= 0.3 is 5.97 Å². The fourth-order valence-electron chi connectivity index (χ4n) is 2.43. The Kier molecular flexibility index (Phi) is 6.92. The van der Waals surface area contributed by atoms with Gasteiger partial charge in [0, 0.05) is 12.8 Å². The maximum Gasteiger partial charge on any atom is 0.331 e. The Morgan fingerprint density at radius 1 is 1.08 bits per heavy atom. The van der Waals surface area contributed by atoms with Crippen molar-refractivity contribution in [3.05, 3.63) is 48.0 Å². The summed E-state index contributed by atoms with van der Waals surface area (Å²) in [6.45, 7) is 11.2. The van der Waals surface area contributed by atoms with Gasteiger partial charge in [-0.1, -0.05) is 51.1 Å². The smallest absolute Gasteiger partial charge is 0.331 e. The Bertz CT molecular complexity index is 700. The molecule has 0 aromatic heterocycles. The summed E-state index contributed by atoms with van der Waals surface area (Å²) in [6, 6.07) is 11.4. The monoisotopic (exact) mass is 355 g/mol. The van der Waals surface area contributed by atoms with Gasteiger partial charge in [-0.2, -0.15) is 5.26 Å². The van der Waals surface area contributed by atoms with Crippen LogP contribution in [-0.4, -0.2) is 17.4 Å². The number of esters is 1. The molecule has 0 saturated heterocycles. The van der Waals surface area contributed by atoms with E-state index in [0.29, 0.717) is 6.42 Å². The molecule has 0 aliphatic rings. The van der Waals surface area contributed by atoms with E-state index in [0.717, 1.165) is 5.56 Å². The van der Waals surface area contributed by atoms with Gasteiger partial charge < -0.3 is 4.74 Å². The van der Waals surface area contributed by atoms with Crippen LogP contribution in [0.15, 0.2) is 42.5 Å². The first-order valence-corrected chi connectivity index (χ1v) is 8.78. The quantitative estimate of drug-likeness (QED) is 0.550. The predicted molar refractivity (Wildman–Crippen MR) is 102 cm³/mol. The third kappa shape index (κ3) is 7.23. The van der Waals surface area contributed by atoms with Gasteiger partial charge in [0.25, 0.3) is 0 Å². The molecule has 0 saturated carbocycles. The van der Waals surface area contributed by atoms with Crippen molar-refractivity contribution >= 4 is 11.8 Å². The van der Waals surface area contributed by atoms with Crippen LogP contribution in [0, 0.1) is 22.2 Å². The first-order chi connectivity index (χ1) is 11.9. The zero-order chi connectivity index (χ0) is 20.0. The molecule has 4 heteroatoms. The minimum atomic E-state index is -1.54.